The van der Waals surface area contributed by atoms with Crippen LogP contribution in [0.15, 0.2) is 12.1 Å². The summed E-state index contributed by atoms with van der Waals surface area (Å²) in [4.78, 5) is 24.8. The highest BCUT2D eigenvalue weighted by molar-refractivity contribution is 5.94. The fraction of sp³-hybridized carbons (Fsp3) is 0.500. The zero-order valence-corrected chi connectivity index (χ0v) is 13.2. The van der Waals surface area contributed by atoms with Gasteiger partial charge >= 0.3 is 0 Å². The monoisotopic (exact) mass is 307 g/mol. The van der Waals surface area contributed by atoms with Crippen molar-refractivity contribution in [1.29, 1.82) is 0 Å². The van der Waals surface area contributed by atoms with Gasteiger partial charge in [-0.1, -0.05) is 17.7 Å². The van der Waals surface area contributed by atoms with Crippen LogP contribution in [0.5, 0.6) is 0 Å². The largest absolute Gasteiger partial charge is 0.367 e. The molecule has 5 nitrogen and oxygen atoms in total. The fourth-order valence-corrected chi connectivity index (χ4v) is 2.94. The first kappa shape index (κ1) is 16.4. The third kappa shape index (κ3) is 3.44. The number of nitrogens with zero attached hydrogens (tertiary/aromatic N) is 1. The highest BCUT2D eigenvalue weighted by Crippen LogP contribution is 2.25. The molecule has 22 heavy (non-hydrogen) atoms. The molecular weight excluding hydrogens is 285 g/mol. The van der Waals surface area contributed by atoms with Crippen molar-refractivity contribution < 1.29 is 14.0 Å². The van der Waals surface area contributed by atoms with Gasteiger partial charge in [-0.25, -0.2) is 4.39 Å². The van der Waals surface area contributed by atoms with E-state index in [0.29, 0.717) is 6.54 Å². The zero-order chi connectivity index (χ0) is 16.5. The third-order valence-electron chi connectivity index (χ3n) is 4.05. The average Bonchev–Trinajstić information content (AvgIpc) is 2.77. The van der Waals surface area contributed by atoms with Gasteiger partial charge in [0.1, 0.15) is 0 Å². The first-order chi connectivity index (χ1) is 10.2. The van der Waals surface area contributed by atoms with Crippen LogP contribution < -0.4 is 11.1 Å². The third-order valence-corrected chi connectivity index (χ3v) is 4.05. The molecule has 1 unspecified atom stereocenters. The molecule has 1 aliphatic rings. The van der Waals surface area contributed by atoms with E-state index in [0.717, 1.165) is 22.4 Å². The molecule has 1 fully saturated rings. The van der Waals surface area contributed by atoms with Gasteiger partial charge in [0.15, 0.2) is 0 Å². The Hall–Kier alpha value is -1.95. The number of likely N-dealkylation sites (tertiary alicyclic amines) is 1. The van der Waals surface area contributed by atoms with Gasteiger partial charge in [0, 0.05) is 25.2 Å². The van der Waals surface area contributed by atoms with Gasteiger partial charge in [0.05, 0.1) is 6.54 Å². The van der Waals surface area contributed by atoms with Crippen molar-refractivity contribution in [2.45, 2.75) is 32.9 Å². The van der Waals surface area contributed by atoms with E-state index in [9.17, 15) is 14.0 Å². The number of rotatable bonds is 4. The maximum Gasteiger partial charge on any atom is 0.256 e. The number of amides is 2. The SMILES string of the molecule is Cc1cc(C)c(NC(=O)CN2CCC(F)(C(N)=O)C2)c(C)c1. The van der Waals surface area contributed by atoms with E-state index in [1.165, 1.54) is 0 Å². The number of primary amides is 1. The molecule has 0 bridgehead atoms. The summed E-state index contributed by atoms with van der Waals surface area (Å²) in [5, 5.41) is 2.87. The van der Waals surface area contributed by atoms with Crippen LogP contribution in [0.25, 0.3) is 0 Å². The second-order valence-electron chi connectivity index (χ2n) is 6.11. The average molecular weight is 307 g/mol. The Morgan fingerprint density at radius 3 is 2.41 bits per heavy atom. The number of aryl methyl sites for hydroxylation is 3. The molecule has 0 radical (unpaired) electrons. The maximum atomic E-state index is 14.1. The van der Waals surface area contributed by atoms with E-state index < -0.39 is 11.6 Å². The summed E-state index contributed by atoms with van der Waals surface area (Å²) in [5.74, 6) is -1.18. The number of halogens is 1. The maximum absolute atomic E-state index is 14.1. The first-order valence-electron chi connectivity index (χ1n) is 7.30. The van der Waals surface area contributed by atoms with Crippen LogP contribution in [0.1, 0.15) is 23.1 Å². The molecule has 1 aromatic carbocycles. The van der Waals surface area contributed by atoms with E-state index in [1.54, 1.807) is 4.90 Å². The molecule has 1 aromatic rings. The summed E-state index contributed by atoms with van der Waals surface area (Å²) in [6.45, 7) is 6.14. The molecule has 3 N–H and O–H groups in total. The molecule has 1 heterocycles. The molecule has 120 valence electrons. The van der Waals surface area contributed by atoms with Crippen molar-refractivity contribution >= 4 is 17.5 Å². The van der Waals surface area contributed by atoms with Gasteiger partial charge < -0.3 is 11.1 Å². The Morgan fingerprint density at radius 2 is 1.91 bits per heavy atom. The Kier molecular flexibility index (Phi) is 4.51. The van der Waals surface area contributed by atoms with Crippen molar-refractivity contribution in [3.63, 3.8) is 0 Å². The summed E-state index contributed by atoms with van der Waals surface area (Å²) < 4.78 is 14.1. The molecule has 0 aliphatic carbocycles. The van der Waals surface area contributed by atoms with Gasteiger partial charge in [-0.3, -0.25) is 14.5 Å². The summed E-state index contributed by atoms with van der Waals surface area (Å²) in [7, 11) is 0. The molecule has 1 aliphatic heterocycles. The number of carbonyl (C=O) groups is 2. The minimum absolute atomic E-state index is 0.0399. The molecule has 1 saturated heterocycles. The van der Waals surface area contributed by atoms with Crippen molar-refractivity contribution in [2.75, 3.05) is 25.0 Å². The van der Waals surface area contributed by atoms with Gasteiger partial charge in [-0.05, 0) is 31.9 Å². The lowest BCUT2D eigenvalue weighted by atomic mass is 10.1. The van der Waals surface area contributed by atoms with Crippen molar-refractivity contribution in [2.24, 2.45) is 5.73 Å². The Balaban J connectivity index is 1.99. The number of alkyl halides is 1. The second-order valence-corrected chi connectivity index (χ2v) is 6.11. The number of hydrogen-bond donors (Lipinski definition) is 2. The Morgan fingerprint density at radius 1 is 1.32 bits per heavy atom. The standard InChI is InChI=1S/C16H22FN3O2/c1-10-6-11(2)14(12(3)7-10)19-13(21)8-20-5-4-16(17,9-20)15(18)22/h6-7H,4-5,8-9H2,1-3H3,(H2,18,22)(H,19,21). The first-order valence-corrected chi connectivity index (χ1v) is 7.30. The van der Waals surface area contributed by atoms with Crippen LogP contribution in [-0.4, -0.2) is 42.0 Å². The fourth-order valence-electron chi connectivity index (χ4n) is 2.94. The molecule has 1 atom stereocenters. The van der Waals surface area contributed by atoms with Crippen molar-refractivity contribution in [3.05, 3.63) is 28.8 Å². The molecule has 2 amide bonds. The number of nitrogens with two attached hydrogens (primary N) is 1. The number of benzene rings is 1. The zero-order valence-electron chi connectivity index (χ0n) is 13.2. The normalized spacial score (nSPS) is 21.8. The van der Waals surface area contributed by atoms with E-state index in [2.05, 4.69) is 5.32 Å². The predicted molar refractivity (Wildman–Crippen MR) is 83.4 cm³/mol. The number of anilines is 1. The quantitative estimate of drug-likeness (QED) is 0.884. The van der Waals surface area contributed by atoms with Crippen molar-refractivity contribution in [3.8, 4) is 0 Å². The number of carbonyl (C=O) groups excluding carboxylic acids is 2. The lowest BCUT2D eigenvalue weighted by Crippen LogP contribution is -2.43. The van der Waals surface area contributed by atoms with Crippen LogP contribution in [0.4, 0.5) is 10.1 Å². The van der Waals surface area contributed by atoms with Gasteiger partial charge in [-0.15, -0.1) is 0 Å². The summed E-state index contributed by atoms with van der Waals surface area (Å²) in [6.07, 6.45) is 0.0399. The number of nitrogens with one attached hydrogen (secondary N) is 1. The summed E-state index contributed by atoms with van der Waals surface area (Å²) in [5.41, 5.74) is 6.95. The van der Waals surface area contributed by atoms with E-state index >= 15 is 0 Å². The smallest absolute Gasteiger partial charge is 0.256 e. The van der Waals surface area contributed by atoms with Crippen LogP contribution in [-0.2, 0) is 9.59 Å². The lowest BCUT2D eigenvalue weighted by molar-refractivity contribution is -0.129. The Labute approximate surface area is 129 Å². The second kappa shape index (κ2) is 6.04. The minimum Gasteiger partial charge on any atom is -0.367 e. The van der Waals surface area contributed by atoms with E-state index in [4.69, 9.17) is 5.73 Å². The van der Waals surface area contributed by atoms with Gasteiger partial charge in [0.25, 0.3) is 5.91 Å². The lowest BCUT2D eigenvalue weighted by Gasteiger charge is -2.19. The number of hydrogen-bond acceptors (Lipinski definition) is 3. The van der Waals surface area contributed by atoms with Crippen LogP contribution in [0, 0.1) is 20.8 Å². The summed E-state index contributed by atoms with van der Waals surface area (Å²) >= 11 is 0. The molecule has 0 saturated carbocycles. The Bertz CT molecular complexity index is 594. The highest BCUT2D eigenvalue weighted by Gasteiger charge is 2.43. The van der Waals surface area contributed by atoms with Crippen LogP contribution in [0.3, 0.4) is 0 Å². The van der Waals surface area contributed by atoms with Crippen LogP contribution >= 0.6 is 0 Å². The molecular formula is C16H22FN3O2. The van der Waals surface area contributed by atoms with E-state index in [-0.39, 0.29) is 25.4 Å². The van der Waals surface area contributed by atoms with E-state index in [1.807, 2.05) is 32.9 Å². The molecule has 0 spiro atoms. The van der Waals surface area contributed by atoms with Crippen LogP contribution in [0.2, 0.25) is 0 Å². The molecule has 2 rings (SSSR count). The molecule has 6 heteroatoms. The summed E-state index contributed by atoms with van der Waals surface area (Å²) in [6, 6.07) is 4.00. The topological polar surface area (TPSA) is 75.4 Å². The van der Waals surface area contributed by atoms with Crippen molar-refractivity contribution in [1.82, 2.24) is 4.90 Å². The van der Waals surface area contributed by atoms with Gasteiger partial charge in [0.2, 0.25) is 11.6 Å². The highest BCUT2D eigenvalue weighted by atomic mass is 19.1. The minimum atomic E-state index is -2.02. The molecule has 0 aromatic heterocycles. The predicted octanol–water partition coefficient (Wildman–Crippen LogP) is 1.45. The van der Waals surface area contributed by atoms with Gasteiger partial charge in [-0.2, -0.15) is 0 Å².